The van der Waals surface area contributed by atoms with Crippen LogP contribution in [0.3, 0.4) is 0 Å². The number of carbonyl (C=O) groups is 1. The summed E-state index contributed by atoms with van der Waals surface area (Å²) in [6.07, 6.45) is 1.68. The molecule has 74 valence electrons. The molecule has 0 amide bonds. The lowest BCUT2D eigenvalue weighted by Crippen LogP contribution is -1.94. The summed E-state index contributed by atoms with van der Waals surface area (Å²) in [7, 11) is 0. The van der Waals surface area contributed by atoms with E-state index in [0.29, 0.717) is 0 Å². The Morgan fingerprint density at radius 1 is 1.33 bits per heavy atom. The smallest absolute Gasteiger partial charge is 0.335 e. The van der Waals surface area contributed by atoms with Gasteiger partial charge in [0, 0.05) is 10.9 Å². The van der Waals surface area contributed by atoms with Crippen molar-refractivity contribution < 1.29 is 9.90 Å². The highest BCUT2D eigenvalue weighted by Gasteiger charge is 2.08. The molecule has 15 heavy (non-hydrogen) atoms. The van der Waals surface area contributed by atoms with E-state index in [4.69, 9.17) is 5.11 Å². The second kappa shape index (κ2) is 2.60. The van der Waals surface area contributed by atoms with Crippen molar-refractivity contribution in [2.75, 3.05) is 0 Å². The predicted molar refractivity (Wildman–Crippen MR) is 54.9 cm³/mol. The van der Waals surface area contributed by atoms with Crippen molar-refractivity contribution in [3.63, 3.8) is 0 Å². The molecule has 5 heteroatoms. The van der Waals surface area contributed by atoms with Crippen LogP contribution in [-0.4, -0.2) is 26.3 Å². The Kier molecular flexibility index (Phi) is 1.39. The number of nitrogens with zero attached hydrogens (tertiary/aromatic N) is 1. The van der Waals surface area contributed by atoms with Gasteiger partial charge in [-0.2, -0.15) is 5.10 Å². The third kappa shape index (κ3) is 1.03. The Bertz CT molecular complexity index is 665. The zero-order valence-corrected chi connectivity index (χ0v) is 7.61. The van der Waals surface area contributed by atoms with Crippen molar-refractivity contribution in [1.29, 1.82) is 0 Å². The number of nitrogens with one attached hydrogen (secondary N) is 2. The lowest BCUT2D eigenvalue weighted by Gasteiger charge is -1.94. The molecule has 1 aromatic carbocycles. The molecule has 0 saturated heterocycles. The molecule has 0 fully saturated rings. The minimum absolute atomic E-state index is 0.277. The van der Waals surface area contributed by atoms with Gasteiger partial charge in [-0.3, -0.25) is 5.10 Å². The predicted octanol–water partition coefficient (Wildman–Crippen LogP) is 1.74. The van der Waals surface area contributed by atoms with Gasteiger partial charge in [0.15, 0.2) is 0 Å². The fourth-order valence-corrected chi connectivity index (χ4v) is 1.73. The molecule has 5 nitrogen and oxygen atoms in total. The zero-order chi connectivity index (χ0) is 10.4. The standard InChI is InChI=1S/C10H7N3O2/c14-10(15)5-1-2-6-7(3-5)12-8-4-11-13-9(6)8/h1-4,12H,(H,11,13)(H,14,15). The average Bonchev–Trinajstić information content (AvgIpc) is 2.75. The number of H-pyrrole nitrogens is 2. The lowest BCUT2D eigenvalue weighted by atomic mass is 10.1. The molecule has 3 aromatic rings. The molecule has 2 heterocycles. The van der Waals surface area contributed by atoms with Crippen LogP contribution in [0.15, 0.2) is 24.4 Å². The molecule has 0 spiro atoms. The molecule has 0 unspecified atom stereocenters. The van der Waals surface area contributed by atoms with Crippen molar-refractivity contribution in [3.8, 4) is 0 Å². The van der Waals surface area contributed by atoms with Gasteiger partial charge in [0.1, 0.15) is 0 Å². The summed E-state index contributed by atoms with van der Waals surface area (Å²) in [4.78, 5) is 13.9. The normalized spacial score (nSPS) is 11.2. The molecule has 0 atom stereocenters. The van der Waals surface area contributed by atoms with E-state index in [1.807, 2.05) is 0 Å². The van der Waals surface area contributed by atoms with Gasteiger partial charge in [0.25, 0.3) is 0 Å². The first-order valence-electron chi connectivity index (χ1n) is 4.44. The number of fused-ring (bicyclic) bond motifs is 3. The first kappa shape index (κ1) is 8.05. The summed E-state index contributed by atoms with van der Waals surface area (Å²) in [6, 6.07) is 4.97. The van der Waals surface area contributed by atoms with Crippen molar-refractivity contribution in [1.82, 2.24) is 15.2 Å². The molecular weight excluding hydrogens is 194 g/mol. The topological polar surface area (TPSA) is 81.8 Å². The number of hydrogen-bond acceptors (Lipinski definition) is 2. The third-order valence-corrected chi connectivity index (χ3v) is 2.44. The summed E-state index contributed by atoms with van der Waals surface area (Å²) in [5.74, 6) is -0.923. The van der Waals surface area contributed by atoms with Crippen LogP contribution in [0.5, 0.6) is 0 Å². The van der Waals surface area contributed by atoms with Crippen molar-refractivity contribution in [3.05, 3.63) is 30.0 Å². The SMILES string of the molecule is O=C(O)c1ccc2c(c1)[nH]c1cn[nH]c12. The molecule has 0 aliphatic carbocycles. The second-order valence-corrected chi connectivity index (χ2v) is 3.35. The van der Waals surface area contributed by atoms with Gasteiger partial charge in [-0.15, -0.1) is 0 Å². The largest absolute Gasteiger partial charge is 0.478 e. The number of hydrogen-bond donors (Lipinski definition) is 3. The molecule has 3 N–H and O–H groups in total. The third-order valence-electron chi connectivity index (χ3n) is 2.44. The highest BCUT2D eigenvalue weighted by atomic mass is 16.4. The van der Waals surface area contributed by atoms with Crippen LogP contribution in [0.1, 0.15) is 10.4 Å². The summed E-state index contributed by atoms with van der Waals surface area (Å²) < 4.78 is 0. The minimum atomic E-state index is -0.923. The Morgan fingerprint density at radius 2 is 2.20 bits per heavy atom. The van der Waals surface area contributed by atoms with Crippen LogP contribution in [-0.2, 0) is 0 Å². The molecular formula is C10H7N3O2. The lowest BCUT2D eigenvalue weighted by molar-refractivity contribution is 0.0697. The van der Waals surface area contributed by atoms with Crippen molar-refractivity contribution in [2.24, 2.45) is 0 Å². The number of benzene rings is 1. The number of carboxylic acid groups (broad SMARTS) is 1. The molecule has 0 aliphatic rings. The highest BCUT2D eigenvalue weighted by Crippen LogP contribution is 2.23. The van der Waals surface area contributed by atoms with Crippen LogP contribution in [0.2, 0.25) is 0 Å². The van der Waals surface area contributed by atoms with Crippen LogP contribution in [0.25, 0.3) is 21.9 Å². The van der Waals surface area contributed by atoms with E-state index in [1.165, 1.54) is 0 Å². The summed E-state index contributed by atoms with van der Waals surface area (Å²) in [6.45, 7) is 0. The van der Waals surface area contributed by atoms with Crippen LogP contribution < -0.4 is 0 Å². The van der Waals surface area contributed by atoms with Gasteiger partial charge >= 0.3 is 5.97 Å². The molecule has 0 radical (unpaired) electrons. The molecule has 0 saturated carbocycles. The Morgan fingerprint density at radius 3 is 3.00 bits per heavy atom. The van der Waals surface area contributed by atoms with Crippen LogP contribution >= 0.6 is 0 Å². The van der Waals surface area contributed by atoms with E-state index in [0.717, 1.165) is 21.9 Å². The number of carboxylic acids is 1. The zero-order valence-electron chi connectivity index (χ0n) is 7.61. The van der Waals surface area contributed by atoms with Gasteiger partial charge in [-0.1, -0.05) is 0 Å². The quantitative estimate of drug-likeness (QED) is 0.560. The fourth-order valence-electron chi connectivity index (χ4n) is 1.73. The van der Waals surface area contributed by atoms with Crippen molar-refractivity contribution >= 4 is 27.9 Å². The van der Waals surface area contributed by atoms with Gasteiger partial charge in [0.05, 0.1) is 22.8 Å². The van der Waals surface area contributed by atoms with Crippen molar-refractivity contribution in [2.45, 2.75) is 0 Å². The fraction of sp³-hybridized carbons (Fsp3) is 0. The summed E-state index contributed by atoms with van der Waals surface area (Å²) >= 11 is 0. The van der Waals surface area contributed by atoms with E-state index in [9.17, 15) is 4.79 Å². The minimum Gasteiger partial charge on any atom is -0.478 e. The van der Waals surface area contributed by atoms with E-state index >= 15 is 0 Å². The van der Waals surface area contributed by atoms with Gasteiger partial charge in [-0.25, -0.2) is 4.79 Å². The number of aromatic carboxylic acids is 1. The molecule has 0 aliphatic heterocycles. The maximum atomic E-state index is 10.8. The Hall–Kier alpha value is -2.30. The summed E-state index contributed by atoms with van der Waals surface area (Å²) in [5, 5.41) is 16.5. The van der Waals surface area contributed by atoms with E-state index in [-0.39, 0.29) is 5.56 Å². The van der Waals surface area contributed by atoms with E-state index in [2.05, 4.69) is 15.2 Å². The Balaban J connectivity index is 2.40. The second-order valence-electron chi connectivity index (χ2n) is 3.35. The maximum Gasteiger partial charge on any atom is 0.335 e. The maximum absolute atomic E-state index is 10.8. The monoisotopic (exact) mass is 201 g/mol. The molecule has 3 rings (SSSR count). The number of aromatic amines is 2. The van der Waals surface area contributed by atoms with Gasteiger partial charge < -0.3 is 10.1 Å². The number of aromatic nitrogens is 3. The first-order valence-corrected chi connectivity index (χ1v) is 4.44. The number of rotatable bonds is 1. The van der Waals surface area contributed by atoms with Crippen LogP contribution in [0.4, 0.5) is 0 Å². The van der Waals surface area contributed by atoms with E-state index < -0.39 is 5.97 Å². The molecule has 2 aromatic heterocycles. The van der Waals surface area contributed by atoms with E-state index in [1.54, 1.807) is 24.4 Å². The summed E-state index contributed by atoms with van der Waals surface area (Å²) in [5.41, 5.74) is 2.87. The average molecular weight is 201 g/mol. The van der Waals surface area contributed by atoms with Gasteiger partial charge in [-0.05, 0) is 18.2 Å². The highest BCUT2D eigenvalue weighted by molar-refractivity contribution is 6.06. The first-order chi connectivity index (χ1) is 7.25. The van der Waals surface area contributed by atoms with Crippen LogP contribution in [0, 0.1) is 0 Å². The van der Waals surface area contributed by atoms with Gasteiger partial charge in [0.2, 0.25) is 0 Å². The Labute approximate surface area is 83.7 Å². The molecule has 0 bridgehead atoms.